The monoisotopic (exact) mass is 655 g/mol. The number of anilines is 1. The minimum absolute atomic E-state index is 0.0592. The average Bonchev–Trinajstić information content (AvgIpc) is 3.32. The van der Waals surface area contributed by atoms with Gasteiger partial charge in [-0.1, -0.05) is 68.8 Å². The number of β-amino-alcohol motifs (C(OH)–C–C–N with tert-alkyl or cyclic N) is 1. The van der Waals surface area contributed by atoms with Crippen LogP contribution in [-0.2, 0) is 27.2 Å². The van der Waals surface area contributed by atoms with Crippen LogP contribution in [-0.4, -0.2) is 70.9 Å². The number of aliphatic hydroxyl groups excluding tert-OH is 1. The number of benzene rings is 3. The van der Waals surface area contributed by atoms with E-state index in [0.29, 0.717) is 53.7 Å². The van der Waals surface area contributed by atoms with Gasteiger partial charge in [0.15, 0.2) is 12.4 Å². The zero-order valence-corrected chi connectivity index (χ0v) is 27.8. The van der Waals surface area contributed by atoms with Crippen LogP contribution >= 0.6 is 11.8 Å². The Hall–Kier alpha value is -4.21. The van der Waals surface area contributed by atoms with Crippen molar-refractivity contribution >= 4 is 39.6 Å². The first kappa shape index (κ1) is 32.7. The van der Waals surface area contributed by atoms with Crippen molar-refractivity contribution in [3.05, 3.63) is 82.9 Å². The number of ether oxygens (including phenoxy) is 3. The molecule has 47 heavy (non-hydrogen) atoms. The molecule has 1 N–H and O–H groups in total. The van der Waals surface area contributed by atoms with E-state index < -0.39 is 11.9 Å². The Morgan fingerprint density at radius 1 is 1.15 bits per heavy atom. The smallest absolute Gasteiger partial charge is 0.228 e. The first-order chi connectivity index (χ1) is 22.6. The summed E-state index contributed by atoms with van der Waals surface area (Å²) < 4.78 is 33.3. The molecule has 1 fully saturated rings. The highest BCUT2D eigenvalue weighted by Gasteiger charge is 2.23. The van der Waals surface area contributed by atoms with Crippen LogP contribution in [0.4, 0.5) is 10.3 Å². The predicted molar refractivity (Wildman–Crippen MR) is 183 cm³/mol. The number of terminal acetylenes is 1. The summed E-state index contributed by atoms with van der Waals surface area (Å²) in [4.78, 5) is 16.6. The molecule has 11 heteroatoms. The summed E-state index contributed by atoms with van der Waals surface area (Å²) in [5.74, 6) is 3.79. The summed E-state index contributed by atoms with van der Waals surface area (Å²) in [6.45, 7) is 8.52. The topological polar surface area (TPSA) is 94.8 Å². The molecule has 0 bridgehead atoms. The lowest BCUT2D eigenvalue weighted by atomic mass is 9.87. The van der Waals surface area contributed by atoms with Gasteiger partial charge < -0.3 is 28.8 Å². The fourth-order valence-corrected chi connectivity index (χ4v) is 6.57. The van der Waals surface area contributed by atoms with Crippen molar-refractivity contribution < 1.29 is 23.7 Å². The molecule has 0 saturated carbocycles. The SMILES string of the molecule is C#Cc1c(F)ccc2cc(OCOC)cc(Cn3cnc4c(SCc5ccc(C(C)(C)C)cc5)nc(N5CCOCC(O)C5)nc43)c12. The normalized spacial score (nSPS) is 15.6. The summed E-state index contributed by atoms with van der Waals surface area (Å²) in [5.41, 5.74) is 4.69. The number of fused-ring (bicyclic) bond motifs is 2. The Bertz CT molecular complexity index is 1930. The first-order valence-electron chi connectivity index (χ1n) is 15.4. The van der Waals surface area contributed by atoms with Gasteiger partial charge in [-0.3, -0.25) is 0 Å². The molecule has 0 aliphatic carbocycles. The van der Waals surface area contributed by atoms with E-state index in [4.69, 9.17) is 35.6 Å². The third kappa shape index (κ3) is 7.21. The highest BCUT2D eigenvalue weighted by molar-refractivity contribution is 7.98. The van der Waals surface area contributed by atoms with Crippen LogP contribution in [0.3, 0.4) is 0 Å². The van der Waals surface area contributed by atoms with Gasteiger partial charge in [-0.2, -0.15) is 4.98 Å². The van der Waals surface area contributed by atoms with E-state index in [0.717, 1.165) is 21.5 Å². The summed E-state index contributed by atoms with van der Waals surface area (Å²) in [5, 5.41) is 12.6. The van der Waals surface area contributed by atoms with E-state index in [1.807, 2.05) is 21.6 Å². The average molecular weight is 656 g/mol. The fraction of sp³-hybridized carbons (Fsp3) is 0.361. The van der Waals surface area contributed by atoms with Gasteiger partial charge in [0.2, 0.25) is 5.95 Å². The van der Waals surface area contributed by atoms with Crippen molar-refractivity contribution in [3.8, 4) is 18.1 Å². The van der Waals surface area contributed by atoms with Crippen LogP contribution in [0.2, 0.25) is 0 Å². The lowest BCUT2D eigenvalue weighted by Crippen LogP contribution is -2.34. The minimum atomic E-state index is -0.669. The maximum absolute atomic E-state index is 14.9. The van der Waals surface area contributed by atoms with Gasteiger partial charge >= 0.3 is 0 Å². The lowest BCUT2D eigenvalue weighted by Gasteiger charge is -2.22. The third-order valence-corrected chi connectivity index (χ3v) is 9.13. The molecule has 3 heterocycles. The molecule has 3 aromatic carbocycles. The van der Waals surface area contributed by atoms with Gasteiger partial charge in [-0.15, -0.1) is 6.42 Å². The summed E-state index contributed by atoms with van der Waals surface area (Å²) >= 11 is 1.58. The molecule has 0 radical (unpaired) electrons. The number of nitrogens with zero attached hydrogens (tertiary/aromatic N) is 5. The van der Waals surface area contributed by atoms with Crippen molar-refractivity contribution in [2.24, 2.45) is 0 Å². The molecule has 244 valence electrons. The van der Waals surface area contributed by atoms with E-state index in [1.165, 1.54) is 11.6 Å². The van der Waals surface area contributed by atoms with E-state index in [9.17, 15) is 9.50 Å². The van der Waals surface area contributed by atoms with Crippen LogP contribution in [0.1, 0.15) is 43.0 Å². The van der Waals surface area contributed by atoms with Gasteiger partial charge in [0.1, 0.15) is 22.1 Å². The Morgan fingerprint density at radius 2 is 1.96 bits per heavy atom. The Balaban J connectivity index is 1.42. The van der Waals surface area contributed by atoms with E-state index >= 15 is 0 Å². The quantitative estimate of drug-likeness (QED) is 0.0899. The molecule has 5 aromatic rings. The number of halogens is 1. The maximum atomic E-state index is 14.9. The lowest BCUT2D eigenvalue weighted by molar-refractivity contribution is 0.0512. The number of aromatic nitrogens is 4. The molecule has 1 unspecified atom stereocenters. The van der Waals surface area contributed by atoms with E-state index in [2.05, 4.69) is 51.0 Å². The second kappa shape index (κ2) is 13.9. The number of imidazole rings is 1. The molecule has 0 amide bonds. The number of thioether (sulfide) groups is 1. The highest BCUT2D eigenvalue weighted by atomic mass is 32.2. The summed E-state index contributed by atoms with van der Waals surface area (Å²) in [6.07, 6.45) is 6.85. The van der Waals surface area contributed by atoms with Gasteiger partial charge in [-0.05, 0) is 45.7 Å². The maximum Gasteiger partial charge on any atom is 0.228 e. The Labute approximate surface area is 278 Å². The van der Waals surface area contributed by atoms with Gasteiger partial charge in [-0.25, -0.2) is 14.4 Å². The summed E-state index contributed by atoms with van der Waals surface area (Å²) in [7, 11) is 1.55. The van der Waals surface area contributed by atoms with Crippen LogP contribution < -0.4 is 9.64 Å². The molecule has 1 aliphatic rings. The summed E-state index contributed by atoms with van der Waals surface area (Å²) in [6, 6.07) is 15.4. The van der Waals surface area contributed by atoms with Gasteiger partial charge in [0.25, 0.3) is 0 Å². The third-order valence-electron chi connectivity index (χ3n) is 8.10. The number of hydrogen-bond donors (Lipinski definition) is 1. The number of rotatable bonds is 9. The Kier molecular flexibility index (Phi) is 9.66. The Morgan fingerprint density at radius 3 is 2.70 bits per heavy atom. The zero-order valence-electron chi connectivity index (χ0n) is 27.0. The highest BCUT2D eigenvalue weighted by Crippen LogP contribution is 2.34. The van der Waals surface area contributed by atoms with Crippen molar-refractivity contribution in [2.45, 2.75) is 49.6 Å². The van der Waals surface area contributed by atoms with Gasteiger partial charge in [0.05, 0.1) is 37.8 Å². The second-order valence-electron chi connectivity index (χ2n) is 12.6. The molecular formula is C36H38FN5O4S. The first-order valence-corrected chi connectivity index (χ1v) is 16.4. The van der Waals surface area contributed by atoms with Crippen LogP contribution in [0.5, 0.6) is 5.75 Å². The van der Waals surface area contributed by atoms with Crippen molar-refractivity contribution in [1.82, 2.24) is 19.5 Å². The van der Waals surface area contributed by atoms with Gasteiger partial charge in [0, 0.05) is 31.3 Å². The molecule has 2 aromatic heterocycles. The minimum Gasteiger partial charge on any atom is -0.468 e. The molecule has 9 nitrogen and oxygen atoms in total. The van der Waals surface area contributed by atoms with Crippen LogP contribution in [0.25, 0.3) is 21.9 Å². The number of aliphatic hydroxyl groups is 1. The molecule has 1 aliphatic heterocycles. The number of hydrogen-bond acceptors (Lipinski definition) is 9. The number of methoxy groups -OCH3 is 1. The fourth-order valence-electron chi connectivity index (χ4n) is 5.65. The molecule has 1 saturated heterocycles. The molecule has 1 atom stereocenters. The van der Waals surface area contributed by atoms with E-state index in [1.54, 1.807) is 31.3 Å². The van der Waals surface area contributed by atoms with Crippen LogP contribution in [0, 0.1) is 18.2 Å². The largest absolute Gasteiger partial charge is 0.468 e. The van der Waals surface area contributed by atoms with E-state index in [-0.39, 0.29) is 30.9 Å². The molecule has 0 spiro atoms. The predicted octanol–water partition coefficient (Wildman–Crippen LogP) is 5.92. The standard InChI is InChI=1S/C36H38FN5O4S/c1-6-29-30(37)12-9-24-15-28(46-22-44-5)16-25(31(24)29)17-42-21-38-32-33(42)39-35(41-13-14-45-19-27(43)18-41)40-34(32)47-20-23-7-10-26(11-8-23)36(2,3)4/h1,7-12,15-16,21,27,43H,13-14,17-20,22H2,2-5H3. The zero-order chi connectivity index (χ0) is 33.1. The van der Waals surface area contributed by atoms with Crippen molar-refractivity contribution in [3.63, 3.8) is 0 Å². The van der Waals surface area contributed by atoms with Crippen molar-refractivity contribution in [1.29, 1.82) is 0 Å². The molecule has 6 rings (SSSR count). The van der Waals surface area contributed by atoms with Crippen LogP contribution in [0.15, 0.2) is 59.9 Å². The molecular weight excluding hydrogens is 617 g/mol. The second-order valence-corrected chi connectivity index (χ2v) is 13.5. The van der Waals surface area contributed by atoms with Crippen molar-refractivity contribution in [2.75, 3.05) is 45.1 Å².